The van der Waals surface area contributed by atoms with Crippen molar-refractivity contribution in [3.05, 3.63) is 64.1 Å². The van der Waals surface area contributed by atoms with Gasteiger partial charge in [0.2, 0.25) is 0 Å². The number of aromatic nitrogens is 4. The number of rotatable bonds is 0. The molecule has 26 heavy (non-hydrogen) atoms. The maximum absolute atomic E-state index is 14.5. The van der Waals surface area contributed by atoms with Gasteiger partial charge < -0.3 is 0 Å². The van der Waals surface area contributed by atoms with Crippen molar-refractivity contribution in [1.82, 2.24) is 19.5 Å². The van der Waals surface area contributed by atoms with E-state index in [1.807, 2.05) is 18.2 Å². The van der Waals surface area contributed by atoms with Crippen LogP contribution in [0.2, 0.25) is 0 Å². The van der Waals surface area contributed by atoms with E-state index in [4.69, 9.17) is 0 Å². The quantitative estimate of drug-likeness (QED) is 0.586. The van der Waals surface area contributed by atoms with Crippen LogP contribution < -0.4 is 5.56 Å². The molecule has 0 amide bonds. The fraction of sp³-hybridized carbons (Fsp3) is 0.300. The van der Waals surface area contributed by atoms with Gasteiger partial charge in [-0.25, -0.2) is 19.3 Å². The highest BCUT2D eigenvalue weighted by Gasteiger charge is 2.29. The minimum Gasteiger partial charge on any atom is -0.292 e. The Bertz CT molecular complexity index is 1090. The number of pyridine rings is 2. The second-order valence-electron chi connectivity index (χ2n) is 6.74. The smallest absolute Gasteiger partial charge is 0.280 e. The van der Waals surface area contributed by atoms with E-state index < -0.39 is 5.67 Å². The Morgan fingerprint density at radius 3 is 2.96 bits per heavy atom. The van der Waals surface area contributed by atoms with Crippen molar-refractivity contribution in [1.29, 1.82) is 0 Å². The lowest BCUT2D eigenvalue weighted by Crippen LogP contribution is -2.32. The van der Waals surface area contributed by atoms with Crippen LogP contribution in [0.3, 0.4) is 0 Å². The van der Waals surface area contributed by atoms with E-state index in [1.54, 1.807) is 18.5 Å². The molecule has 6 heteroatoms. The minimum absolute atomic E-state index is 0.0209. The normalized spacial score (nSPS) is 19.3. The number of fused-ring (bicyclic) bond motifs is 2. The van der Waals surface area contributed by atoms with E-state index in [-0.39, 0.29) is 17.6 Å². The van der Waals surface area contributed by atoms with E-state index in [9.17, 15) is 9.18 Å². The van der Waals surface area contributed by atoms with Crippen molar-refractivity contribution in [2.75, 3.05) is 0 Å². The van der Waals surface area contributed by atoms with E-state index >= 15 is 0 Å². The lowest BCUT2D eigenvalue weighted by atomic mass is 10.0. The van der Waals surface area contributed by atoms with Crippen LogP contribution in [0.15, 0.2) is 41.5 Å². The Labute approximate surface area is 149 Å². The predicted molar refractivity (Wildman–Crippen MR) is 96.5 cm³/mol. The molecular formula is C20H17FN4O. The molecule has 130 valence electrons. The largest absolute Gasteiger partial charge is 0.292 e. The van der Waals surface area contributed by atoms with Gasteiger partial charge in [0, 0.05) is 24.4 Å². The highest BCUT2D eigenvalue weighted by molar-refractivity contribution is 5.74. The fourth-order valence-corrected chi connectivity index (χ4v) is 3.17. The van der Waals surface area contributed by atoms with Gasteiger partial charge in [0.25, 0.3) is 5.56 Å². The Balaban J connectivity index is 1.79. The Morgan fingerprint density at radius 1 is 1.27 bits per heavy atom. The molecule has 3 aromatic heterocycles. The first-order valence-corrected chi connectivity index (χ1v) is 8.53. The first-order chi connectivity index (χ1) is 12.5. The summed E-state index contributed by atoms with van der Waals surface area (Å²) in [4.78, 5) is 25.7. The van der Waals surface area contributed by atoms with E-state index in [0.29, 0.717) is 41.9 Å². The Morgan fingerprint density at radius 2 is 2.15 bits per heavy atom. The van der Waals surface area contributed by atoms with Crippen LogP contribution in [0.5, 0.6) is 0 Å². The first-order valence-electron chi connectivity index (χ1n) is 8.53. The van der Waals surface area contributed by atoms with Crippen LogP contribution in [0.4, 0.5) is 4.39 Å². The highest BCUT2D eigenvalue weighted by Crippen LogP contribution is 2.25. The number of aryl methyl sites for hydroxylation is 1. The van der Waals surface area contributed by atoms with Gasteiger partial charge >= 0.3 is 0 Å². The van der Waals surface area contributed by atoms with Crippen LogP contribution >= 0.6 is 0 Å². The third-order valence-corrected chi connectivity index (χ3v) is 4.46. The molecule has 0 bridgehead atoms. The van der Waals surface area contributed by atoms with Crippen molar-refractivity contribution in [2.45, 2.75) is 38.4 Å². The molecule has 0 spiro atoms. The van der Waals surface area contributed by atoms with Crippen molar-refractivity contribution in [3.8, 4) is 11.8 Å². The molecule has 1 aliphatic heterocycles. The number of nitrogens with zero attached hydrogens (tertiary/aromatic N) is 4. The van der Waals surface area contributed by atoms with E-state index in [2.05, 4.69) is 26.8 Å². The average molecular weight is 348 g/mol. The summed E-state index contributed by atoms with van der Waals surface area (Å²) in [6.07, 6.45) is 4.88. The van der Waals surface area contributed by atoms with Crippen molar-refractivity contribution < 1.29 is 4.39 Å². The lowest BCUT2D eigenvalue weighted by molar-refractivity contribution is 0.150. The van der Waals surface area contributed by atoms with E-state index in [0.717, 1.165) is 0 Å². The second-order valence-corrected chi connectivity index (χ2v) is 6.74. The predicted octanol–water partition coefficient (Wildman–Crippen LogP) is 2.65. The lowest BCUT2D eigenvalue weighted by Gasteiger charge is -2.19. The molecular weight excluding hydrogens is 331 g/mol. The van der Waals surface area contributed by atoms with Gasteiger partial charge in [-0.15, -0.1) is 0 Å². The summed E-state index contributed by atoms with van der Waals surface area (Å²) < 4.78 is 15.9. The average Bonchev–Trinajstić information content (AvgIpc) is 2.78. The van der Waals surface area contributed by atoms with Gasteiger partial charge in [-0.1, -0.05) is 12.0 Å². The molecule has 0 saturated heterocycles. The van der Waals surface area contributed by atoms with Crippen molar-refractivity contribution in [2.24, 2.45) is 0 Å². The zero-order valence-electron chi connectivity index (χ0n) is 14.4. The molecule has 3 aromatic rings. The molecule has 0 saturated carbocycles. The molecule has 1 unspecified atom stereocenters. The van der Waals surface area contributed by atoms with Gasteiger partial charge in [0.15, 0.2) is 5.52 Å². The molecule has 4 rings (SSSR count). The maximum atomic E-state index is 14.5. The maximum Gasteiger partial charge on any atom is 0.280 e. The summed E-state index contributed by atoms with van der Waals surface area (Å²) in [5.74, 6) is 6.57. The molecule has 1 aliphatic rings. The van der Waals surface area contributed by atoms with Gasteiger partial charge in [0.1, 0.15) is 17.2 Å². The second kappa shape index (κ2) is 6.34. The summed E-state index contributed by atoms with van der Waals surface area (Å²) in [5.41, 5.74) is 0.360. The zero-order chi connectivity index (χ0) is 18.1. The monoisotopic (exact) mass is 348 g/mol. The zero-order valence-corrected chi connectivity index (χ0v) is 14.4. The van der Waals surface area contributed by atoms with Crippen molar-refractivity contribution in [3.63, 3.8) is 0 Å². The summed E-state index contributed by atoms with van der Waals surface area (Å²) >= 11 is 0. The fourth-order valence-electron chi connectivity index (χ4n) is 3.17. The summed E-state index contributed by atoms with van der Waals surface area (Å²) in [6.45, 7) is 1.55. The topological polar surface area (TPSA) is 60.7 Å². The third kappa shape index (κ3) is 3.21. The molecule has 4 heterocycles. The van der Waals surface area contributed by atoms with Crippen LogP contribution in [0.1, 0.15) is 36.8 Å². The SMILES string of the molecule is CC1(F)CCCc2nc3cc(C#Cc4ccccn4)cnc3c(=O)n2C1. The number of halogens is 1. The van der Waals surface area contributed by atoms with Crippen molar-refractivity contribution >= 4 is 11.0 Å². The standard InChI is InChI=1S/C20H17FN4O/c1-20(21)9-4-6-17-24-16-11-14(7-8-15-5-2-3-10-22-15)12-23-18(16)19(26)25(17)13-20/h2-3,5,10-12H,4,6,9,13H2,1H3. The highest BCUT2D eigenvalue weighted by atomic mass is 19.1. The van der Waals surface area contributed by atoms with Crippen LogP contribution in [-0.2, 0) is 13.0 Å². The number of hydrogen-bond acceptors (Lipinski definition) is 4. The summed E-state index contributed by atoms with van der Waals surface area (Å²) in [7, 11) is 0. The van der Waals surface area contributed by atoms with Crippen LogP contribution in [0, 0.1) is 11.8 Å². The van der Waals surface area contributed by atoms with E-state index in [1.165, 1.54) is 11.5 Å². The van der Waals surface area contributed by atoms with Gasteiger partial charge in [-0.05, 0) is 43.9 Å². The molecule has 0 aromatic carbocycles. The van der Waals surface area contributed by atoms with Gasteiger partial charge in [-0.2, -0.15) is 0 Å². The summed E-state index contributed by atoms with van der Waals surface area (Å²) in [5, 5.41) is 0. The Hall–Kier alpha value is -3.07. The minimum atomic E-state index is -1.40. The number of alkyl halides is 1. The van der Waals surface area contributed by atoms with Crippen LogP contribution in [-0.4, -0.2) is 25.2 Å². The molecule has 0 fully saturated rings. The first kappa shape index (κ1) is 16.4. The molecule has 5 nitrogen and oxygen atoms in total. The van der Waals surface area contributed by atoms with Gasteiger partial charge in [0.05, 0.1) is 12.1 Å². The van der Waals surface area contributed by atoms with Gasteiger partial charge in [-0.3, -0.25) is 9.36 Å². The third-order valence-electron chi connectivity index (χ3n) is 4.46. The molecule has 0 radical (unpaired) electrons. The molecule has 0 N–H and O–H groups in total. The van der Waals surface area contributed by atoms with Crippen LogP contribution in [0.25, 0.3) is 11.0 Å². The summed E-state index contributed by atoms with van der Waals surface area (Å²) in [6, 6.07) is 7.26. The molecule has 1 atom stereocenters. The number of hydrogen-bond donors (Lipinski definition) is 0. The molecule has 0 aliphatic carbocycles. The Kier molecular flexibility index (Phi) is 4.00.